The third-order valence-electron chi connectivity index (χ3n) is 9.85. The maximum Gasteiger partial charge on any atom is 0.135 e. The van der Waals surface area contributed by atoms with Gasteiger partial charge in [0, 0.05) is 10.8 Å². The Kier molecular flexibility index (Phi) is 5.64. The second kappa shape index (κ2) is 10.2. The summed E-state index contributed by atoms with van der Waals surface area (Å²) in [5.74, 6) is 0. The molecule has 0 saturated carbocycles. The zero-order valence-corrected chi connectivity index (χ0v) is 25.6. The fourth-order valence-corrected chi connectivity index (χ4v) is 7.73. The number of furan rings is 1. The van der Waals surface area contributed by atoms with E-state index in [1.54, 1.807) is 0 Å². The number of hydrogen-bond donors (Lipinski definition) is 0. The van der Waals surface area contributed by atoms with Crippen LogP contribution in [0.5, 0.6) is 0 Å². The first-order chi connectivity index (χ1) is 23.3. The molecule has 0 amide bonds. The van der Waals surface area contributed by atoms with Gasteiger partial charge in [-0.1, -0.05) is 152 Å². The van der Waals surface area contributed by atoms with Gasteiger partial charge in [-0.25, -0.2) is 0 Å². The molecule has 1 aromatic heterocycles. The molecule has 0 N–H and O–H groups in total. The van der Waals surface area contributed by atoms with E-state index in [4.69, 9.17) is 4.42 Å². The van der Waals surface area contributed by atoms with E-state index >= 15 is 0 Å². The van der Waals surface area contributed by atoms with Crippen LogP contribution in [-0.2, 0) is 0 Å². The van der Waals surface area contributed by atoms with Crippen LogP contribution in [-0.4, -0.2) is 0 Å². The van der Waals surface area contributed by atoms with Gasteiger partial charge in [0.05, 0.1) is 0 Å². The normalized spacial score (nSPS) is 11.8. The Bertz CT molecular complexity index is 2830. The molecule has 0 aliphatic heterocycles. The zero-order valence-electron chi connectivity index (χ0n) is 25.6. The summed E-state index contributed by atoms with van der Waals surface area (Å²) in [5, 5.41) is 12.4. The minimum Gasteiger partial charge on any atom is -0.456 e. The van der Waals surface area contributed by atoms with E-state index in [0.717, 1.165) is 21.9 Å². The molecule has 0 fully saturated rings. The van der Waals surface area contributed by atoms with E-state index in [0.29, 0.717) is 0 Å². The first kappa shape index (κ1) is 26.1. The van der Waals surface area contributed by atoms with Gasteiger partial charge in [-0.05, 0) is 94.7 Å². The highest BCUT2D eigenvalue weighted by Gasteiger charge is 2.20. The summed E-state index contributed by atoms with van der Waals surface area (Å²) in [6, 6.07) is 61.7. The molecule has 0 unspecified atom stereocenters. The van der Waals surface area contributed by atoms with Crippen molar-refractivity contribution in [1.29, 1.82) is 0 Å². The molecule has 10 aromatic rings. The molecule has 0 atom stereocenters. The van der Waals surface area contributed by atoms with Crippen molar-refractivity contribution in [1.82, 2.24) is 0 Å². The molecule has 1 nitrogen and oxygen atoms in total. The zero-order chi connectivity index (χ0) is 30.9. The summed E-state index contributed by atoms with van der Waals surface area (Å²) in [4.78, 5) is 0. The van der Waals surface area contributed by atoms with Crippen molar-refractivity contribution in [2.45, 2.75) is 0 Å². The summed E-state index contributed by atoms with van der Waals surface area (Å²) in [5.41, 5.74) is 9.25. The van der Waals surface area contributed by atoms with Gasteiger partial charge in [0.15, 0.2) is 0 Å². The Labute approximate surface area is 271 Å². The highest BCUT2D eigenvalue weighted by atomic mass is 16.3. The molecule has 47 heavy (non-hydrogen) atoms. The SMILES string of the molecule is c1ccc2c(-c3ccc(-c4c5ccccc5c(-c5ccc6oc7ccccc7c6c5)c5c4ccc4ccccc45)cc3)cccc2c1. The van der Waals surface area contributed by atoms with Gasteiger partial charge in [0.25, 0.3) is 0 Å². The summed E-state index contributed by atoms with van der Waals surface area (Å²) in [6.07, 6.45) is 0. The van der Waals surface area contributed by atoms with Crippen LogP contribution in [0, 0.1) is 0 Å². The van der Waals surface area contributed by atoms with Crippen LogP contribution in [0.4, 0.5) is 0 Å². The molecule has 0 saturated heterocycles. The van der Waals surface area contributed by atoms with Crippen LogP contribution in [0.15, 0.2) is 174 Å². The average molecular weight is 597 g/mol. The molecule has 0 aliphatic carbocycles. The third-order valence-corrected chi connectivity index (χ3v) is 9.85. The van der Waals surface area contributed by atoms with E-state index in [9.17, 15) is 0 Å². The van der Waals surface area contributed by atoms with Gasteiger partial charge in [-0.3, -0.25) is 0 Å². The van der Waals surface area contributed by atoms with Crippen LogP contribution in [0.3, 0.4) is 0 Å². The van der Waals surface area contributed by atoms with Crippen molar-refractivity contribution in [3.8, 4) is 33.4 Å². The van der Waals surface area contributed by atoms with Gasteiger partial charge in [0.2, 0.25) is 0 Å². The fraction of sp³-hybridized carbons (Fsp3) is 0. The molecule has 1 heteroatoms. The number of hydrogen-bond acceptors (Lipinski definition) is 1. The Balaban J connectivity index is 1.27. The van der Waals surface area contributed by atoms with Gasteiger partial charge in [0.1, 0.15) is 11.2 Å². The van der Waals surface area contributed by atoms with Crippen LogP contribution in [0.2, 0.25) is 0 Å². The maximum absolute atomic E-state index is 6.23. The van der Waals surface area contributed by atoms with Crippen molar-refractivity contribution in [3.05, 3.63) is 170 Å². The highest BCUT2D eigenvalue weighted by molar-refractivity contribution is 6.28. The molecule has 0 aliphatic rings. The summed E-state index contributed by atoms with van der Waals surface area (Å²) >= 11 is 0. The molecule has 9 aromatic carbocycles. The van der Waals surface area contributed by atoms with Gasteiger partial charge in [-0.15, -0.1) is 0 Å². The lowest BCUT2D eigenvalue weighted by Crippen LogP contribution is -1.92. The van der Waals surface area contributed by atoms with Crippen LogP contribution in [0.25, 0.3) is 98.4 Å². The van der Waals surface area contributed by atoms with Gasteiger partial charge in [-0.2, -0.15) is 0 Å². The molecule has 1 heterocycles. The molecule has 0 spiro atoms. The average Bonchev–Trinajstić information content (AvgIpc) is 3.51. The number of fused-ring (bicyclic) bond motifs is 8. The molecule has 218 valence electrons. The summed E-state index contributed by atoms with van der Waals surface area (Å²) in [7, 11) is 0. The first-order valence-electron chi connectivity index (χ1n) is 16.2. The van der Waals surface area contributed by atoms with Crippen molar-refractivity contribution in [2.75, 3.05) is 0 Å². The lowest BCUT2D eigenvalue weighted by Gasteiger charge is -2.19. The predicted molar refractivity (Wildman–Crippen MR) is 200 cm³/mol. The number of rotatable bonds is 3. The molecular weight excluding hydrogens is 569 g/mol. The second-order valence-corrected chi connectivity index (χ2v) is 12.4. The fourth-order valence-electron chi connectivity index (χ4n) is 7.73. The minimum absolute atomic E-state index is 0.913. The lowest BCUT2D eigenvalue weighted by atomic mass is 9.83. The van der Waals surface area contributed by atoms with Crippen LogP contribution in [0.1, 0.15) is 0 Å². The summed E-state index contributed by atoms with van der Waals surface area (Å²) < 4.78 is 6.23. The minimum atomic E-state index is 0.913. The van der Waals surface area contributed by atoms with E-state index < -0.39 is 0 Å². The Morgan fingerprint density at radius 3 is 1.68 bits per heavy atom. The smallest absolute Gasteiger partial charge is 0.135 e. The monoisotopic (exact) mass is 596 g/mol. The maximum atomic E-state index is 6.23. The Morgan fingerprint density at radius 1 is 0.298 bits per heavy atom. The Hall–Kier alpha value is -6.18. The molecule has 0 bridgehead atoms. The van der Waals surface area contributed by atoms with E-state index in [1.165, 1.54) is 76.5 Å². The quantitative estimate of drug-likeness (QED) is 0.146. The van der Waals surface area contributed by atoms with Crippen molar-refractivity contribution >= 4 is 65.0 Å². The van der Waals surface area contributed by atoms with E-state index in [1.807, 2.05) is 12.1 Å². The first-order valence-corrected chi connectivity index (χ1v) is 16.2. The standard InChI is InChI=1S/C46H28O/c1-3-13-34-29(10-1)12-9-18-35(34)31-20-22-32(23-21-31)44-38-16-5-6-17-39(38)45(46-36-14-4-2-11-30(36)24-26-40(44)46)33-25-27-43-41(28-33)37-15-7-8-19-42(37)47-43/h1-28H. The van der Waals surface area contributed by atoms with Crippen LogP contribution < -0.4 is 0 Å². The van der Waals surface area contributed by atoms with Gasteiger partial charge < -0.3 is 4.42 Å². The topological polar surface area (TPSA) is 13.1 Å². The molecular formula is C46H28O. The Morgan fingerprint density at radius 2 is 0.872 bits per heavy atom. The molecule has 10 rings (SSSR count). The number of benzene rings is 9. The summed E-state index contributed by atoms with van der Waals surface area (Å²) in [6.45, 7) is 0. The van der Waals surface area contributed by atoms with Gasteiger partial charge >= 0.3 is 0 Å². The predicted octanol–water partition coefficient (Wildman–Crippen LogP) is 13.2. The second-order valence-electron chi connectivity index (χ2n) is 12.4. The largest absolute Gasteiger partial charge is 0.456 e. The molecule has 0 radical (unpaired) electrons. The third kappa shape index (κ3) is 3.97. The van der Waals surface area contributed by atoms with E-state index in [-0.39, 0.29) is 0 Å². The number of para-hydroxylation sites is 1. The lowest BCUT2D eigenvalue weighted by molar-refractivity contribution is 0.669. The van der Waals surface area contributed by atoms with E-state index in [2.05, 4.69) is 158 Å². The van der Waals surface area contributed by atoms with Crippen molar-refractivity contribution in [3.63, 3.8) is 0 Å². The highest BCUT2D eigenvalue weighted by Crippen LogP contribution is 2.47. The van der Waals surface area contributed by atoms with Crippen molar-refractivity contribution < 1.29 is 4.42 Å². The van der Waals surface area contributed by atoms with Crippen molar-refractivity contribution in [2.24, 2.45) is 0 Å². The van der Waals surface area contributed by atoms with Crippen LogP contribution >= 0.6 is 0 Å².